The summed E-state index contributed by atoms with van der Waals surface area (Å²) in [5.41, 5.74) is 8.56. The summed E-state index contributed by atoms with van der Waals surface area (Å²) in [6.45, 7) is 11.6. The Morgan fingerprint density at radius 2 is 1.84 bits per heavy atom. The lowest BCUT2D eigenvalue weighted by atomic mass is 10.0. The molecule has 0 unspecified atom stereocenters. The fourth-order valence-electron chi connectivity index (χ4n) is 2.48. The van der Waals surface area contributed by atoms with Crippen molar-refractivity contribution < 1.29 is 0 Å². The Balaban J connectivity index is 2.02. The lowest BCUT2D eigenvalue weighted by molar-refractivity contribution is 0.119. The quantitative estimate of drug-likeness (QED) is 0.927. The van der Waals surface area contributed by atoms with Crippen LogP contribution >= 0.6 is 15.9 Å². The van der Waals surface area contributed by atoms with Crippen LogP contribution in [0.15, 0.2) is 22.7 Å². The van der Waals surface area contributed by atoms with Gasteiger partial charge in [0.05, 0.1) is 0 Å². The Kier molecular flexibility index (Phi) is 4.54. The number of hydrogen-bond acceptors (Lipinski definition) is 3. The average molecular weight is 326 g/mol. The minimum Gasteiger partial charge on any atom is -0.369 e. The molecule has 0 radical (unpaired) electrons. The molecule has 106 valence electrons. The van der Waals surface area contributed by atoms with E-state index >= 15 is 0 Å². The number of anilines is 1. The first-order valence-corrected chi connectivity index (χ1v) is 7.69. The van der Waals surface area contributed by atoms with Gasteiger partial charge in [0.1, 0.15) is 0 Å². The zero-order valence-corrected chi connectivity index (χ0v) is 13.7. The molecule has 0 amide bonds. The van der Waals surface area contributed by atoms with E-state index in [-0.39, 0.29) is 5.54 Å². The largest absolute Gasteiger partial charge is 0.369 e. The van der Waals surface area contributed by atoms with Gasteiger partial charge in [-0.1, -0.05) is 22.0 Å². The molecule has 1 aliphatic rings. The first-order valence-electron chi connectivity index (χ1n) is 6.90. The van der Waals surface area contributed by atoms with Crippen molar-refractivity contribution in [3.63, 3.8) is 0 Å². The zero-order valence-electron chi connectivity index (χ0n) is 12.1. The van der Waals surface area contributed by atoms with Gasteiger partial charge in [0.25, 0.3) is 0 Å². The number of benzene rings is 1. The molecule has 2 N–H and O–H groups in total. The van der Waals surface area contributed by atoms with Crippen LogP contribution in [0.5, 0.6) is 0 Å². The molecule has 2 rings (SSSR count). The smallest absolute Gasteiger partial charge is 0.0378 e. The van der Waals surface area contributed by atoms with Crippen LogP contribution in [-0.4, -0.2) is 43.2 Å². The number of hydrogen-bond donors (Lipinski definition) is 1. The van der Waals surface area contributed by atoms with E-state index in [4.69, 9.17) is 5.73 Å². The SMILES string of the molecule is Cc1ccc(N2CCN(C(C)(C)CN)CC2)cc1Br. The molecule has 1 aromatic rings. The summed E-state index contributed by atoms with van der Waals surface area (Å²) in [6, 6.07) is 6.61. The highest BCUT2D eigenvalue weighted by Crippen LogP contribution is 2.25. The van der Waals surface area contributed by atoms with Gasteiger partial charge in [0.15, 0.2) is 0 Å². The summed E-state index contributed by atoms with van der Waals surface area (Å²) in [5.74, 6) is 0. The summed E-state index contributed by atoms with van der Waals surface area (Å²) >= 11 is 3.61. The van der Waals surface area contributed by atoms with Crippen LogP contribution in [0.1, 0.15) is 19.4 Å². The maximum atomic E-state index is 5.86. The number of piperazine rings is 1. The first-order chi connectivity index (χ1) is 8.94. The third-order valence-electron chi connectivity index (χ3n) is 4.16. The fraction of sp³-hybridized carbons (Fsp3) is 0.600. The van der Waals surface area contributed by atoms with Crippen molar-refractivity contribution in [1.82, 2.24) is 4.90 Å². The predicted molar refractivity (Wildman–Crippen MR) is 85.8 cm³/mol. The molecule has 0 atom stereocenters. The van der Waals surface area contributed by atoms with Crippen molar-refractivity contribution in [2.24, 2.45) is 5.73 Å². The van der Waals surface area contributed by atoms with Crippen molar-refractivity contribution in [3.8, 4) is 0 Å². The van der Waals surface area contributed by atoms with E-state index < -0.39 is 0 Å². The second-order valence-corrected chi connectivity index (χ2v) is 6.78. The second-order valence-electron chi connectivity index (χ2n) is 5.92. The van der Waals surface area contributed by atoms with Crippen LogP contribution in [0.4, 0.5) is 5.69 Å². The van der Waals surface area contributed by atoms with Gasteiger partial charge in [-0.05, 0) is 38.5 Å². The highest BCUT2D eigenvalue weighted by atomic mass is 79.9. The van der Waals surface area contributed by atoms with Crippen LogP contribution in [0.2, 0.25) is 0 Å². The minimum atomic E-state index is 0.111. The fourth-order valence-corrected chi connectivity index (χ4v) is 2.84. The molecule has 1 aliphatic heterocycles. The topological polar surface area (TPSA) is 32.5 Å². The van der Waals surface area contributed by atoms with E-state index in [1.807, 2.05) is 0 Å². The lowest BCUT2D eigenvalue weighted by Gasteiger charge is -2.44. The van der Waals surface area contributed by atoms with Gasteiger partial charge < -0.3 is 10.6 Å². The lowest BCUT2D eigenvalue weighted by Crippen LogP contribution is -2.57. The molecule has 0 aromatic heterocycles. The number of rotatable bonds is 3. The summed E-state index contributed by atoms with van der Waals surface area (Å²) in [7, 11) is 0. The first kappa shape index (κ1) is 14.8. The predicted octanol–water partition coefficient (Wildman–Crippen LogP) is 2.62. The Bertz CT molecular complexity index is 437. The van der Waals surface area contributed by atoms with E-state index in [0.29, 0.717) is 6.54 Å². The van der Waals surface area contributed by atoms with Gasteiger partial charge in [-0.2, -0.15) is 0 Å². The maximum absolute atomic E-state index is 5.86. The molecule has 4 heteroatoms. The molecular formula is C15H24BrN3. The van der Waals surface area contributed by atoms with Gasteiger partial charge >= 0.3 is 0 Å². The Hall–Kier alpha value is -0.580. The third-order valence-corrected chi connectivity index (χ3v) is 5.01. The highest BCUT2D eigenvalue weighted by molar-refractivity contribution is 9.10. The highest BCUT2D eigenvalue weighted by Gasteiger charge is 2.28. The summed E-state index contributed by atoms with van der Waals surface area (Å²) in [6.07, 6.45) is 0. The average Bonchev–Trinajstić information content (AvgIpc) is 2.42. The van der Waals surface area contributed by atoms with Crippen molar-refractivity contribution in [2.75, 3.05) is 37.6 Å². The molecule has 0 aliphatic carbocycles. The van der Waals surface area contributed by atoms with Crippen molar-refractivity contribution >= 4 is 21.6 Å². The van der Waals surface area contributed by atoms with E-state index in [1.165, 1.54) is 15.7 Å². The molecule has 1 fully saturated rings. The second kappa shape index (κ2) is 5.81. The summed E-state index contributed by atoms with van der Waals surface area (Å²) < 4.78 is 1.19. The van der Waals surface area contributed by atoms with Crippen LogP contribution in [-0.2, 0) is 0 Å². The van der Waals surface area contributed by atoms with E-state index in [9.17, 15) is 0 Å². The molecule has 1 saturated heterocycles. The maximum Gasteiger partial charge on any atom is 0.0378 e. The molecule has 0 bridgehead atoms. The van der Waals surface area contributed by atoms with Crippen molar-refractivity contribution in [3.05, 3.63) is 28.2 Å². The summed E-state index contributed by atoms with van der Waals surface area (Å²) in [5, 5.41) is 0. The molecule has 0 spiro atoms. The standard InChI is InChI=1S/C15H24BrN3/c1-12-4-5-13(10-14(12)16)18-6-8-19(9-7-18)15(2,3)11-17/h4-5,10H,6-9,11,17H2,1-3H3. The van der Waals surface area contributed by atoms with Crippen LogP contribution in [0, 0.1) is 6.92 Å². The molecule has 19 heavy (non-hydrogen) atoms. The number of aryl methyl sites for hydroxylation is 1. The third kappa shape index (κ3) is 3.30. The van der Waals surface area contributed by atoms with E-state index in [2.05, 4.69) is 64.7 Å². The minimum absolute atomic E-state index is 0.111. The molecular weight excluding hydrogens is 302 g/mol. The van der Waals surface area contributed by atoms with E-state index in [1.54, 1.807) is 0 Å². The molecule has 1 heterocycles. The van der Waals surface area contributed by atoms with Gasteiger partial charge in [-0.25, -0.2) is 0 Å². The van der Waals surface area contributed by atoms with E-state index in [0.717, 1.165) is 26.2 Å². The Morgan fingerprint density at radius 1 is 1.21 bits per heavy atom. The van der Waals surface area contributed by atoms with Crippen molar-refractivity contribution in [2.45, 2.75) is 26.3 Å². The normalized spacial score (nSPS) is 17.8. The van der Waals surface area contributed by atoms with Gasteiger partial charge in [0.2, 0.25) is 0 Å². The Labute approximate surface area is 124 Å². The summed E-state index contributed by atoms with van der Waals surface area (Å²) in [4.78, 5) is 4.94. The number of nitrogens with zero attached hydrogens (tertiary/aromatic N) is 2. The van der Waals surface area contributed by atoms with Gasteiger partial charge in [-0.15, -0.1) is 0 Å². The zero-order chi connectivity index (χ0) is 14.0. The Morgan fingerprint density at radius 3 is 2.37 bits per heavy atom. The van der Waals surface area contributed by atoms with Gasteiger partial charge in [-0.3, -0.25) is 4.90 Å². The monoisotopic (exact) mass is 325 g/mol. The van der Waals surface area contributed by atoms with Crippen molar-refractivity contribution in [1.29, 1.82) is 0 Å². The molecule has 1 aromatic carbocycles. The van der Waals surface area contributed by atoms with Gasteiger partial charge in [0, 0.05) is 48.4 Å². The molecule has 3 nitrogen and oxygen atoms in total. The van der Waals surface area contributed by atoms with Crippen LogP contribution in [0.25, 0.3) is 0 Å². The number of nitrogens with two attached hydrogens (primary N) is 1. The molecule has 0 saturated carbocycles. The van der Waals surface area contributed by atoms with Crippen LogP contribution < -0.4 is 10.6 Å². The van der Waals surface area contributed by atoms with Crippen LogP contribution in [0.3, 0.4) is 0 Å². The number of halogens is 1.